The summed E-state index contributed by atoms with van der Waals surface area (Å²) in [5, 5.41) is 9.08. The minimum absolute atomic E-state index is 0.0990. The van der Waals surface area contributed by atoms with E-state index in [0.717, 1.165) is 4.90 Å². The molecule has 1 N–H and O–H groups in total. The number of hydrogen-bond acceptors (Lipinski definition) is 3. The van der Waals surface area contributed by atoms with E-state index in [0.29, 0.717) is 0 Å². The molecular formula is C12H10ClNO4. The molecule has 0 aromatic heterocycles. The van der Waals surface area contributed by atoms with Crippen LogP contribution in [0.15, 0.2) is 24.3 Å². The number of benzene rings is 1. The SMILES string of the molecule is O=C(O)C1CC(=O)N(C(=O)c2ccccc2Cl)C1. The van der Waals surface area contributed by atoms with E-state index in [2.05, 4.69) is 0 Å². The molecule has 1 aromatic carbocycles. The highest BCUT2D eigenvalue weighted by Gasteiger charge is 2.38. The summed E-state index contributed by atoms with van der Waals surface area (Å²) in [5.41, 5.74) is 0.207. The molecule has 2 rings (SSSR count). The predicted octanol–water partition coefficient (Wildman–Crippen LogP) is 1.41. The van der Waals surface area contributed by atoms with Gasteiger partial charge >= 0.3 is 5.97 Å². The number of carboxylic acid groups (broad SMARTS) is 1. The first-order valence-corrected chi connectivity index (χ1v) is 5.70. The maximum atomic E-state index is 12.1. The summed E-state index contributed by atoms with van der Waals surface area (Å²) < 4.78 is 0. The van der Waals surface area contributed by atoms with Crippen molar-refractivity contribution in [2.75, 3.05) is 6.54 Å². The van der Waals surface area contributed by atoms with Crippen LogP contribution >= 0.6 is 11.6 Å². The summed E-state index contributed by atoms with van der Waals surface area (Å²) in [4.78, 5) is 35.4. The van der Waals surface area contributed by atoms with Crippen LogP contribution in [0.5, 0.6) is 0 Å². The maximum absolute atomic E-state index is 12.1. The summed E-state index contributed by atoms with van der Waals surface area (Å²) >= 11 is 5.87. The van der Waals surface area contributed by atoms with Gasteiger partial charge in [-0.2, -0.15) is 0 Å². The fourth-order valence-corrected chi connectivity index (χ4v) is 2.07. The third-order valence-electron chi connectivity index (χ3n) is 2.82. The maximum Gasteiger partial charge on any atom is 0.308 e. The van der Waals surface area contributed by atoms with Gasteiger partial charge in [0.25, 0.3) is 5.91 Å². The van der Waals surface area contributed by atoms with Crippen molar-refractivity contribution in [2.24, 2.45) is 5.92 Å². The molecule has 5 nitrogen and oxygen atoms in total. The van der Waals surface area contributed by atoms with E-state index in [9.17, 15) is 14.4 Å². The third-order valence-corrected chi connectivity index (χ3v) is 3.15. The number of halogens is 1. The van der Waals surface area contributed by atoms with E-state index < -0.39 is 23.7 Å². The van der Waals surface area contributed by atoms with Crippen molar-refractivity contribution in [3.8, 4) is 0 Å². The second kappa shape index (κ2) is 4.78. The Morgan fingerprint density at radius 3 is 2.56 bits per heavy atom. The number of nitrogens with zero attached hydrogens (tertiary/aromatic N) is 1. The Kier molecular flexibility index (Phi) is 3.34. The van der Waals surface area contributed by atoms with Gasteiger partial charge in [0.1, 0.15) is 0 Å². The monoisotopic (exact) mass is 267 g/mol. The Labute approximate surface area is 108 Å². The zero-order valence-corrected chi connectivity index (χ0v) is 10.1. The number of carbonyl (C=O) groups is 3. The van der Waals surface area contributed by atoms with Gasteiger partial charge in [-0.3, -0.25) is 19.3 Å². The van der Waals surface area contributed by atoms with E-state index in [1.54, 1.807) is 18.2 Å². The number of carboxylic acids is 1. The number of imide groups is 1. The van der Waals surface area contributed by atoms with Gasteiger partial charge in [0.05, 0.1) is 16.5 Å². The molecule has 2 amide bonds. The zero-order chi connectivity index (χ0) is 13.3. The molecule has 0 saturated carbocycles. The van der Waals surface area contributed by atoms with E-state index in [-0.39, 0.29) is 23.6 Å². The summed E-state index contributed by atoms with van der Waals surface area (Å²) in [6.07, 6.45) is -0.147. The largest absolute Gasteiger partial charge is 0.481 e. The molecule has 1 unspecified atom stereocenters. The summed E-state index contributed by atoms with van der Waals surface area (Å²) in [6.45, 7) is -0.0990. The highest BCUT2D eigenvalue weighted by Crippen LogP contribution is 2.23. The lowest BCUT2D eigenvalue weighted by Crippen LogP contribution is -2.33. The van der Waals surface area contributed by atoms with Crippen molar-refractivity contribution in [1.29, 1.82) is 0 Å². The smallest absolute Gasteiger partial charge is 0.308 e. The summed E-state index contributed by atoms with van der Waals surface area (Å²) in [7, 11) is 0. The second-order valence-electron chi connectivity index (χ2n) is 4.03. The number of aliphatic carboxylic acids is 1. The lowest BCUT2D eigenvalue weighted by atomic mass is 10.1. The molecule has 1 aromatic rings. The van der Waals surface area contributed by atoms with Crippen LogP contribution in [0.25, 0.3) is 0 Å². The molecule has 0 radical (unpaired) electrons. The van der Waals surface area contributed by atoms with E-state index >= 15 is 0 Å². The molecule has 1 fully saturated rings. The molecule has 1 saturated heterocycles. The molecule has 0 aliphatic carbocycles. The molecule has 1 aliphatic rings. The Hall–Kier alpha value is -1.88. The van der Waals surface area contributed by atoms with Crippen molar-refractivity contribution >= 4 is 29.4 Å². The van der Waals surface area contributed by atoms with Crippen molar-refractivity contribution in [1.82, 2.24) is 4.90 Å². The topological polar surface area (TPSA) is 74.7 Å². The first-order valence-electron chi connectivity index (χ1n) is 5.32. The van der Waals surface area contributed by atoms with Gasteiger partial charge in [-0.1, -0.05) is 23.7 Å². The summed E-state index contributed by atoms with van der Waals surface area (Å²) in [6, 6.07) is 6.36. The highest BCUT2D eigenvalue weighted by molar-refractivity contribution is 6.34. The van der Waals surface area contributed by atoms with Crippen molar-refractivity contribution in [3.63, 3.8) is 0 Å². The molecule has 1 aliphatic heterocycles. The molecular weight excluding hydrogens is 258 g/mol. The molecule has 1 atom stereocenters. The van der Waals surface area contributed by atoms with Gasteiger partial charge in [-0.25, -0.2) is 0 Å². The first-order chi connectivity index (χ1) is 8.50. The molecule has 6 heteroatoms. The Morgan fingerprint density at radius 2 is 2.00 bits per heavy atom. The van der Waals surface area contributed by atoms with E-state index in [1.165, 1.54) is 6.07 Å². The second-order valence-corrected chi connectivity index (χ2v) is 4.44. The number of carbonyl (C=O) groups excluding carboxylic acids is 2. The minimum Gasteiger partial charge on any atom is -0.481 e. The van der Waals surface area contributed by atoms with Gasteiger partial charge < -0.3 is 5.11 Å². The lowest BCUT2D eigenvalue weighted by Gasteiger charge is -2.14. The molecule has 18 heavy (non-hydrogen) atoms. The lowest BCUT2D eigenvalue weighted by molar-refractivity contribution is -0.141. The quantitative estimate of drug-likeness (QED) is 0.822. The van der Waals surface area contributed by atoms with Gasteiger partial charge in [0.2, 0.25) is 5.91 Å². The fourth-order valence-electron chi connectivity index (χ4n) is 1.85. The standard InChI is InChI=1S/C12H10ClNO4/c13-9-4-2-1-3-8(9)11(16)14-6-7(12(17)18)5-10(14)15/h1-4,7H,5-6H2,(H,17,18). The van der Waals surface area contributed by atoms with Crippen LogP contribution in [-0.4, -0.2) is 34.3 Å². The number of hydrogen-bond donors (Lipinski definition) is 1. The Balaban J connectivity index is 2.23. The Morgan fingerprint density at radius 1 is 1.33 bits per heavy atom. The Bertz CT molecular complexity index is 529. The number of rotatable bonds is 2. The predicted molar refractivity (Wildman–Crippen MR) is 63.2 cm³/mol. The fraction of sp³-hybridized carbons (Fsp3) is 0.250. The van der Waals surface area contributed by atoms with E-state index in [1.807, 2.05) is 0 Å². The zero-order valence-electron chi connectivity index (χ0n) is 9.30. The average Bonchev–Trinajstić information content (AvgIpc) is 2.71. The normalized spacial score (nSPS) is 19.1. The molecule has 94 valence electrons. The third kappa shape index (κ3) is 2.22. The van der Waals surface area contributed by atoms with Crippen LogP contribution in [0.1, 0.15) is 16.8 Å². The van der Waals surface area contributed by atoms with Crippen LogP contribution in [0.3, 0.4) is 0 Å². The van der Waals surface area contributed by atoms with Crippen molar-refractivity contribution in [2.45, 2.75) is 6.42 Å². The van der Waals surface area contributed by atoms with Crippen LogP contribution in [-0.2, 0) is 9.59 Å². The average molecular weight is 268 g/mol. The number of amides is 2. The molecule has 0 spiro atoms. The van der Waals surface area contributed by atoms with Gasteiger partial charge in [0, 0.05) is 13.0 Å². The highest BCUT2D eigenvalue weighted by atomic mass is 35.5. The van der Waals surface area contributed by atoms with Crippen molar-refractivity contribution in [3.05, 3.63) is 34.9 Å². The molecule has 1 heterocycles. The molecule has 0 bridgehead atoms. The van der Waals surface area contributed by atoms with Crippen molar-refractivity contribution < 1.29 is 19.5 Å². The van der Waals surface area contributed by atoms with Crippen LogP contribution in [0.4, 0.5) is 0 Å². The first kappa shape index (κ1) is 12.6. The van der Waals surface area contributed by atoms with E-state index in [4.69, 9.17) is 16.7 Å². The van der Waals surface area contributed by atoms with Gasteiger partial charge in [-0.15, -0.1) is 0 Å². The summed E-state index contributed by atoms with van der Waals surface area (Å²) in [5.74, 6) is -2.93. The minimum atomic E-state index is -1.07. The number of likely N-dealkylation sites (tertiary alicyclic amines) is 1. The van der Waals surface area contributed by atoms with Gasteiger partial charge in [-0.05, 0) is 12.1 Å². The van der Waals surface area contributed by atoms with Crippen LogP contribution in [0.2, 0.25) is 5.02 Å². The van der Waals surface area contributed by atoms with Gasteiger partial charge in [0.15, 0.2) is 0 Å². The van der Waals surface area contributed by atoms with Crippen LogP contribution < -0.4 is 0 Å². The van der Waals surface area contributed by atoms with Crippen LogP contribution in [0, 0.1) is 5.92 Å².